The van der Waals surface area contributed by atoms with Gasteiger partial charge in [0, 0.05) is 43.9 Å². The Kier molecular flexibility index (Phi) is 11.7. The third-order valence-electron chi connectivity index (χ3n) is 3.74. The number of anilines is 1. The van der Waals surface area contributed by atoms with Gasteiger partial charge in [0.25, 0.3) is 0 Å². The molecule has 2 rings (SSSR count). The van der Waals surface area contributed by atoms with Crippen molar-refractivity contribution in [3.63, 3.8) is 0 Å². The van der Waals surface area contributed by atoms with E-state index in [9.17, 15) is 4.79 Å². The van der Waals surface area contributed by atoms with Crippen molar-refractivity contribution in [3.05, 3.63) is 29.3 Å². The van der Waals surface area contributed by atoms with E-state index in [2.05, 4.69) is 22.3 Å². The Labute approximate surface area is 160 Å². The van der Waals surface area contributed by atoms with E-state index in [0.29, 0.717) is 0 Å². The molecule has 5 nitrogen and oxygen atoms in total. The van der Waals surface area contributed by atoms with Gasteiger partial charge in [0.1, 0.15) is 6.04 Å². The number of hydrogen-bond acceptors (Lipinski definition) is 5. The van der Waals surface area contributed by atoms with Crippen molar-refractivity contribution in [3.8, 4) is 0 Å². The van der Waals surface area contributed by atoms with Gasteiger partial charge in [-0.2, -0.15) is 11.8 Å². The summed E-state index contributed by atoms with van der Waals surface area (Å²) in [6.45, 7) is 5.49. The van der Waals surface area contributed by atoms with Crippen LogP contribution in [-0.2, 0) is 16.1 Å². The lowest BCUT2D eigenvalue weighted by Gasteiger charge is -2.26. The molecule has 0 aromatic heterocycles. The summed E-state index contributed by atoms with van der Waals surface area (Å²) in [6.07, 6.45) is 0. The molecule has 1 unspecified atom stereocenters. The highest BCUT2D eigenvalue weighted by molar-refractivity contribution is 7.99. The number of carbonyl (C=O) groups excluding carboxylic acids is 1. The molecule has 1 atom stereocenters. The summed E-state index contributed by atoms with van der Waals surface area (Å²) in [7, 11) is 1.53. The van der Waals surface area contributed by atoms with Gasteiger partial charge in [-0.15, -0.1) is 24.8 Å². The molecule has 1 aliphatic rings. The largest absolute Gasteiger partial charge is 0.383 e. The van der Waals surface area contributed by atoms with Gasteiger partial charge < -0.3 is 15.8 Å². The molecule has 0 saturated carbocycles. The van der Waals surface area contributed by atoms with E-state index in [0.717, 1.165) is 30.9 Å². The number of amides is 1. The van der Waals surface area contributed by atoms with Crippen molar-refractivity contribution in [1.82, 2.24) is 4.90 Å². The van der Waals surface area contributed by atoms with Crippen LogP contribution in [0.5, 0.6) is 0 Å². The van der Waals surface area contributed by atoms with Crippen LogP contribution in [0.4, 0.5) is 5.69 Å². The number of benzene rings is 1. The highest BCUT2D eigenvalue weighted by Crippen LogP contribution is 2.19. The molecule has 0 aliphatic carbocycles. The lowest BCUT2D eigenvalue weighted by Crippen LogP contribution is -2.39. The number of rotatable bonds is 6. The van der Waals surface area contributed by atoms with Crippen molar-refractivity contribution < 1.29 is 9.53 Å². The van der Waals surface area contributed by atoms with Crippen molar-refractivity contribution in [2.45, 2.75) is 19.5 Å². The first-order valence-corrected chi connectivity index (χ1v) is 8.70. The van der Waals surface area contributed by atoms with Gasteiger partial charge in [0.05, 0.1) is 6.61 Å². The first-order valence-electron chi connectivity index (χ1n) is 7.55. The van der Waals surface area contributed by atoms with E-state index in [1.54, 1.807) is 0 Å². The smallest absolute Gasteiger partial charge is 0.243 e. The van der Waals surface area contributed by atoms with Gasteiger partial charge in [-0.25, -0.2) is 0 Å². The number of thioether (sulfide) groups is 1. The quantitative estimate of drug-likeness (QED) is 0.773. The van der Waals surface area contributed by atoms with E-state index in [-0.39, 0.29) is 37.3 Å². The Morgan fingerprint density at radius 2 is 2.04 bits per heavy atom. The normalized spacial score (nSPS) is 15.8. The maximum absolute atomic E-state index is 11.9. The average Bonchev–Trinajstić information content (AvgIpc) is 2.51. The Morgan fingerprint density at radius 3 is 2.62 bits per heavy atom. The van der Waals surface area contributed by atoms with Crippen LogP contribution in [0, 0.1) is 6.92 Å². The molecule has 24 heavy (non-hydrogen) atoms. The van der Waals surface area contributed by atoms with Crippen LogP contribution in [0.3, 0.4) is 0 Å². The minimum atomic E-state index is -0.644. The van der Waals surface area contributed by atoms with Gasteiger partial charge in [-0.05, 0) is 24.1 Å². The summed E-state index contributed by atoms with van der Waals surface area (Å²) in [5.74, 6) is 2.21. The SMILES string of the molecule is COCC(N)C(=O)Nc1ccc(CN2CCSCC2)cc1C.Cl.Cl. The van der Waals surface area contributed by atoms with Crippen molar-refractivity contribution >= 4 is 48.2 Å². The Hall–Kier alpha value is -0.500. The number of halogens is 2. The predicted molar refractivity (Wildman–Crippen MR) is 107 cm³/mol. The van der Waals surface area contributed by atoms with E-state index >= 15 is 0 Å². The average molecular weight is 396 g/mol. The Morgan fingerprint density at radius 1 is 1.38 bits per heavy atom. The van der Waals surface area contributed by atoms with Crippen molar-refractivity contribution in [2.75, 3.05) is 43.6 Å². The molecule has 1 saturated heterocycles. The number of nitrogens with one attached hydrogen (secondary N) is 1. The minimum Gasteiger partial charge on any atom is -0.383 e. The molecule has 0 bridgehead atoms. The van der Waals surface area contributed by atoms with Crippen LogP contribution in [0.2, 0.25) is 0 Å². The van der Waals surface area contributed by atoms with E-state index in [4.69, 9.17) is 10.5 Å². The maximum atomic E-state index is 11.9. The predicted octanol–water partition coefficient (Wildman–Crippen LogP) is 2.30. The lowest BCUT2D eigenvalue weighted by molar-refractivity contribution is -0.118. The highest BCUT2D eigenvalue weighted by Gasteiger charge is 2.15. The number of nitrogens with zero attached hydrogens (tertiary/aromatic N) is 1. The molecule has 1 amide bonds. The minimum absolute atomic E-state index is 0. The molecule has 0 radical (unpaired) electrons. The van der Waals surface area contributed by atoms with Gasteiger partial charge in [-0.3, -0.25) is 9.69 Å². The van der Waals surface area contributed by atoms with E-state index in [1.807, 2.05) is 24.8 Å². The lowest BCUT2D eigenvalue weighted by atomic mass is 10.1. The zero-order valence-electron chi connectivity index (χ0n) is 14.1. The van der Waals surface area contributed by atoms with Crippen LogP contribution in [0.15, 0.2) is 18.2 Å². The summed E-state index contributed by atoms with van der Waals surface area (Å²) in [5, 5.41) is 2.86. The van der Waals surface area contributed by atoms with Crippen molar-refractivity contribution in [1.29, 1.82) is 0 Å². The van der Waals surface area contributed by atoms with Crippen LogP contribution < -0.4 is 11.1 Å². The van der Waals surface area contributed by atoms with Crippen LogP contribution in [0.25, 0.3) is 0 Å². The summed E-state index contributed by atoms with van der Waals surface area (Å²) >= 11 is 2.02. The number of hydrogen-bond donors (Lipinski definition) is 2. The van der Waals surface area contributed by atoms with E-state index < -0.39 is 6.04 Å². The molecule has 1 aliphatic heterocycles. The first-order chi connectivity index (χ1) is 10.6. The molecular formula is C16H27Cl2N3O2S. The van der Waals surface area contributed by atoms with Crippen LogP contribution >= 0.6 is 36.6 Å². The maximum Gasteiger partial charge on any atom is 0.243 e. The second-order valence-corrected chi connectivity index (χ2v) is 6.81. The molecular weight excluding hydrogens is 369 g/mol. The number of methoxy groups -OCH3 is 1. The number of ether oxygens (including phenoxy) is 1. The molecule has 3 N–H and O–H groups in total. The summed E-state index contributed by atoms with van der Waals surface area (Å²) in [6, 6.07) is 5.53. The molecule has 1 heterocycles. The number of aryl methyl sites for hydroxylation is 1. The number of nitrogens with two attached hydrogens (primary N) is 1. The fraction of sp³-hybridized carbons (Fsp3) is 0.562. The fourth-order valence-corrected chi connectivity index (χ4v) is 3.44. The van der Waals surface area contributed by atoms with Crippen molar-refractivity contribution in [2.24, 2.45) is 5.73 Å². The Balaban J connectivity index is 0.00000264. The molecule has 0 spiro atoms. The first kappa shape index (κ1) is 23.5. The fourth-order valence-electron chi connectivity index (χ4n) is 2.46. The summed E-state index contributed by atoms with van der Waals surface area (Å²) in [4.78, 5) is 14.4. The molecule has 8 heteroatoms. The third-order valence-corrected chi connectivity index (χ3v) is 4.68. The van der Waals surface area contributed by atoms with Gasteiger partial charge in [0.15, 0.2) is 0 Å². The Bertz CT molecular complexity index is 514. The zero-order valence-corrected chi connectivity index (χ0v) is 16.6. The zero-order chi connectivity index (χ0) is 15.9. The van der Waals surface area contributed by atoms with E-state index in [1.165, 1.54) is 24.2 Å². The van der Waals surface area contributed by atoms with Gasteiger partial charge in [0.2, 0.25) is 5.91 Å². The van der Waals surface area contributed by atoms with Crippen LogP contribution in [0.1, 0.15) is 11.1 Å². The molecule has 1 fully saturated rings. The number of carbonyl (C=O) groups is 1. The molecule has 138 valence electrons. The standard InChI is InChI=1S/C16H25N3O2S.2ClH/c1-12-9-13(10-19-5-7-22-8-6-19)3-4-15(12)18-16(20)14(17)11-21-2;;/h3-4,9,14H,5-8,10-11,17H2,1-2H3,(H,18,20);2*1H. The second kappa shape index (κ2) is 12.0. The van der Waals surface area contributed by atoms with Gasteiger partial charge in [-0.1, -0.05) is 12.1 Å². The third kappa shape index (κ3) is 7.17. The highest BCUT2D eigenvalue weighted by atomic mass is 35.5. The van der Waals surface area contributed by atoms with Crippen LogP contribution in [-0.4, -0.2) is 55.2 Å². The topological polar surface area (TPSA) is 67.6 Å². The molecule has 1 aromatic carbocycles. The van der Waals surface area contributed by atoms with Gasteiger partial charge >= 0.3 is 0 Å². The molecule has 1 aromatic rings. The summed E-state index contributed by atoms with van der Waals surface area (Å²) in [5.41, 5.74) is 8.89. The monoisotopic (exact) mass is 395 g/mol. The summed E-state index contributed by atoms with van der Waals surface area (Å²) < 4.78 is 4.90. The second-order valence-electron chi connectivity index (χ2n) is 5.59.